The molecule has 2 atom stereocenters. The van der Waals surface area contributed by atoms with Crippen LogP contribution in [0.15, 0.2) is 18.2 Å². The molecule has 0 aliphatic carbocycles. The highest BCUT2D eigenvalue weighted by Gasteiger charge is 2.25. The van der Waals surface area contributed by atoms with E-state index in [1.807, 2.05) is 27.7 Å². The summed E-state index contributed by atoms with van der Waals surface area (Å²) in [5.74, 6) is -1.13. The van der Waals surface area contributed by atoms with Gasteiger partial charge >= 0.3 is 24.2 Å². The monoisotopic (exact) mass is 539 g/mol. The van der Waals surface area contributed by atoms with Gasteiger partial charge in [0.1, 0.15) is 18.8 Å². The Bertz CT molecular complexity index is 952. The van der Waals surface area contributed by atoms with Crippen molar-refractivity contribution in [3.63, 3.8) is 0 Å². The molecule has 0 aliphatic heterocycles. The van der Waals surface area contributed by atoms with E-state index < -0.39 is 41.8 Å². The molecular formula is C27H41NO10. The van der Waals surface area contributed by atoms with Crippen LogP contribution in [0, 0.1) is 17.3 Å². The summed E-state index contributed by atoms with van der Waals surface area (Å²) in [5, 5.41) is 0. The van der Waals surface area contributed by atoms with Gasteiger partial charge in [0.05, 0.1) is 18.6 Å². The summed E-state index contributed by atoms with van der Waals surface area (Å²) in [7, 11) is 0. The number of rotatable bonds is 12. The summed E-state index contributed by atoms with van der Waals surface area (Å²) >= 11 is 0. The summed E-state index contributed by atoms with van der Waals surface area (Å²) in [6.07, 6.45) is -2.64. The lowest BCUT2D eigenvalue weighted by Crippen LogP contribution is -2.37. The van der Waals surface area contributed by atoms with Crippen molar-refractivity contribution in [3.05, 3.63) is 23.8 Å². The Morgan fingerprint density at radius 1 is 0.789 bits per heavy atom. The molecule has 0 fully saturated rings. The van der Waals surface area contributed by atoms with Crippen molar-refractivity contribution in [2.24, 2.45) is 23.0 Å². The number of hydrogen-bond donors (Lipinski definition) is 1. The van der Waals surface area contributed by atoms with Crippen LogP contribution in [0.25, 0.3) is 0 Å². The number of carbonyl (C=O) groups excluding carboxylic acids is 4. The predicted molar refractivity (Wildman–Crippen MR) is 138 cm³/mol. The SMILES string of the molecule is CC(C)COC(=O)Oc1ccc(C[C@H](N)C(=O)O[C@@H](C)COC(=O)C(C)(C)C)cc1OC(=O)OCC(C)C. The van der Waals surface area contributed by atoms with Crippen molar-refractivity contribution in [2.45, 2.75) is 74.0 Å². The number of nitrogens with two attached hydrogens (primary N) is 1. The Morgan fingerprint density at radius 3 is 1.82 bits per heavy atom. The predicted octanol–water partition coefficient (Wildman–Crippen LogP) is 4.42. The standard InChI is InChI=1S/C27H41NO10/c1-16(2)13-34-25(31)37-21-10-9-19(12-22(21)38-26(32)35-14-17(3)4)11-20(28)23(29)36-18(5)15-33-24(30)27(6,7)8/h9-10,12,16-18,20H,11,13-15,28H2,1-8H3/t18-,20-/m0/s1. The summed E-state index contributed by atoms with van der Waals surface area (Å²) in [4.78, 5) is 48.6. The first-order chi connectivity index (χ1) is 17.6. The van der Waals surface area contributed by atoms with E-state index in [9.17, 15) is 19.2 Å². The highest BCUT2D eigenvalue weighted by atomic mass is 16.7. The highest BCUT2D eigenvalue weighted by Crippen LogP contribution is 2.30. The maximum absolute atomic E-state index is 12.5. The molecule has 0 unspecified atom stereocenters. The largest absolute Gasteiger partial charge is 0.513 e. The second-order valence-electron chi connectivity index (χ2n) is 10.8. The first kappa shape index (κ1) is 32.7. The second kappa shape index (κ2) is 15.2. The van der Waals surface area contributed by atoms with Gasteiger partial charge in [-0.2, -0.15) is 0 Å². The fraction of sp³-hybridized carbons (Fsp3) is 0.630. The summed E-state index contributed by atoms with van der Waals surface area (Å²) in [5.41, 5.74) is 5.84. The van der Waals surface area contributed by atoms with Gasteiger partial charge in [0.15, 0.2) is 11.5 Å². The van der Waals surface area contributed by atoms with Crippen molar-refractivity contribution < 1.29 is 47.6 Å². The van der Waals surface area contributed by atoms with Crippen molar-refractivity contribution in [2.75, 3.05) is 19.8 Å². The van der Waals surface area contributed by atoms with E-state index in [0.717, 1.165) is 0 Å². The van der Waals surface area contributed by atoms with Gasteiger partial charge in [-0.3, -0.25) is 9.59 Å². The molecule has 0 spiro atoms. The molecule has 0 saturated carbocycles. The molecule has 0 aliphatic rings. The molecule has 0 radical (unpaired) electrons. The topological polar surface area (TPSA) is 150 Å². The van der Waals surface area contributed by atoms with Crippen LogP contribution in [0.1, 0.15) is 61.0 Å². The Hall–Kier alpha value is -3.34. The van der Waals surface area contributed by atoms with Gasteiger partial charge in [0.25, 0.3) is 0 Å². The fourth-order valence-corrected chi connectivity index (χ4v) is 2.62. The van der Waals surface area contributed by atoms with E-state index >= 15 is 0 Å². The van der Waals surface area contributed by atoms with Crippen LogP contribution in [-0.2, 0) is 35.0 Å². The minimum Gasteiger partial charge on any atom is -0.461 e. The normalized spacial score (nSPS) is 12.9. The zero-order chi connectivity index (χ0) is 29.0. The summed E-state index contributed by atoms with van der Waals surface area (Å²) in [6, 6.07) is 3.28. The molecule has 214 valence electrons. The van der Waals surface area contributed by atoms with Gasteiger partial charge in [0, 0.05) is 0 Å². The first-order valence-corrected chi connectivity index (χ1v) is 12.5. The van der Waals surface area contributed by atoms with Crippen LogP contribution in [-0.4, -0.2) is 56.2 Å². The second-order valence-corrected chi connectivity index (χ2v) is 10.8. The molecule has 0 amide bonds. The smallest absolute Gasteiger partial charge is 0.461 e. The lowest BCUT2D eigenvalue weighted by molar-refractivity contribution is -0.163. The molecular weight excluding hydrogens is 498 g/mol. The van der Waals surface area contributed by atoms with Crippen LogP contribution in [0.5, 0.6) is 11.5 Å². The van der Waals surface area contributed by atoms with Crippen LogP contribution < -0.4 is 15.2 Å². The molecule has 2 N–H and O–H groups in total. The molecule has 0 heterocycles. The van der Waals surface area contributed by atoms with Gasteiger partial charge < -0.3 is 34.2 Å². The zero-order valence-electron chi connectivity index (χ0n) is 23.5. The van der Waals surface area contributed by atoms with Gasteiger partial charge in [-0.1, -0.05) is 33.8 Å². The van der Waals surface area contributed by atoms with E-state index in [1.165, 1.54) is 12.1 Å². The molecule has 0 aromatic heterocycles. The van der Waals surface area contributed by atoms with E-state index in [1.54, 1.807) is 33.8 Å². The fourth-order valence-electron chi connectivity index (χ4n) is 2.62. The number of esters is 2. The molecule has 0 bridgehead atoms. The van der Waals surface area contributed by atoms with Crippen LogP contribution in [0.3, 0.4) is 0 Å². The average molecular weight is 540 g/mol. The maximum Gasteiger partial charge on any atom is 0.513 e. The van der Waals surface area contributed by atoms with Crippen LogP contribution in [0.4, 0.5) is 9.59 Å². The van der Waals surface area contributed by atoms with Gasteiger partial charge in [-0.15, -0.1) is 0 Å². The first-order valence-electron chi connectivity index (χ1n) is 12.5. The summed E-state index contributed by atoms with van der Waals surface area (Å²) in [6.45, 7) is 14.4. The number of benzene rings is 1. The zero-order valence-corrected chi connectivity index (χ0v) is 23.5. The third-order valence-electron chi connectivity index (χ3n) is 4.60. The molecule has 38 heavy (non-hydrogen) atoms. The molecule has 1 aromatic carbocycles. The minimum absolute atomic E-state index is 0.0167. The molecule has 0 saturated heterocycles. The lowest BCUT2D eigenvalue weighted by Gasteiger charge is -2.20. The Morgan fingerprint density at radius 2 is 1.32 bits per heavy atom. The Kier molecular flexibility index (Phi) is 13.0. The average Bonchev–Trinajstić information content (AvgIpc) is 2.80. The van der Waals surface area contributed by atoms with Crippen LogP contribution >= 0.6 is 0 Å². The third kappa shape index (κ3) is 12.8. The summed E-state index contributed by atoms with van der Waals surface area (Å²) < 4.78 is 31.0. The number of hydrogen-bond acceptors (Lipinski definition) is 11. The highest BCUT2D eigenvalue weighted by molar-refractivity contribution is 5.77. The van der Waals surface area contributed by atoms with Crippen molar-refractivity contribution in [1.82, 2.24) is 0 Å². The number of ether oxygens (including phenoxy) is 6. The Labute approximate surface area is 224 Å². The minimum atomic E-state index is -1.07. The van der Waals surface area contributed by atoms with E-state index in [2.05, 4.69) is 0 Å². The molecule has 1 aromatic rings. The number of carbonyl (C=O) groups is 4. The van der Waals surface area contributed by atoms with Crippen molar-refractivity contribution >= 4 is 24.2 Å². The van der Waals surface area contributed by atoms with Gasteiger partial charge in [0.2, 0.25) is 0 Å². The van der Waals surface area contributed by atoms with E-state index in [-0.39, 0.29) is 49.6 Å². The Balaban J connectivity index is 2.89. The maximum atomic E-state index is 12.5. The van der Waals surface area contributed by atoms with Gasteiger partial charge in [-0.25, -0.2) is 9.59 Å². The molecule has 11 nitrogen and oxygen atoms in total. The van der Waals surface area contributed by atoms with Crippen molar-refractivity contribution in [1.29, 1.82) is 0 Å². The molecule has 11 heteroatoms. The molecule has 1 rings (SSSR count). The van der Waals surface area contributed by atoms with E-state index in [4.69, 9.17) is 34.2 Å². The quantitative estimate of drug-likeness (QED) is 0.228. The lowest BCUT2D eigenvalue weighted by atomic mass is 9.97. The van der Waals surface area contributed by atoms with Crippen LogP contribution in [0.2, 0.25) is 0 Å². The van der Waals surface area contributed by atoms with Gasteiger partial charge in [-0.05, 0) is 63.6 Å². The third-order valence-corrected chi connectivity index (χ3v) is 4.60. The van der Waals surface area contributed by atoms with Crippen molar-refractivity contribution in [3.8, 4) is 11.5 Å². The van der Waals surface area contributed by atoms with E-state index in [0.29, 0.717) is 5.56 Å².